The molecular weight excluding hydrogens is 407 g/mol. The van der Waals surface area contributed by atoms with Gasteiger partial charge >= 0.3 is 0 Å². The van der Waals surface area contributed by atoms with Gasteiger partial charge in [0.1, 0.15) is 23.7 Å². The fourth-order valence-corrected chi connectivity index (χ4v) is 4.14. The van der Waals surface area contributed by atoms with Gasteiger partial charge in [-0.3, -0.25) is 4.72 Å². The molecule has 4 aromatic rings. The molecule has 0 aliphatic carbocycles. The Labute approximate surface area is 172 Å². The summed E-state index contributed by atoms with van der Waals surface area (Å²) in [5.74, 6) is 0.999. The Hall–Kier alpha value is -3.72. The topological polar surface area (TPSA) is 86.1 Å². The van der Waals surface area contributed by atoms with Gasteiger partial charge in [0.05, 0.1) is 4.90 Å². The largest absolute Gasteiger partial charge is 0.439 e. The maximum Gasteiger partial charge on any atom is 0.262 e. The summed E-state index contributed by atoms with van der Waals surface area (Å²) < 4.78 is 48.4. The van der Waals surface area contributed by atoms with E-state index < -0.39 is 15.8 Å². The molecule has 0 bridgehead atoms. The van der Waals surface area contributed by atoms with Gasteiger partial charge in [-0.25, -0.2) is 22.8 Å². The van der Waals surface area contributed by atoms with Gasteiger partial charge in [0.2, 0.25) is 5.88 Å². The number of aromatic nitrogens is 3. The van der Waals surface area contributed by atoms with Crippen LogP contribution in [0, 0.1) is 12.7 Å². The number of halogens is 1. The van der Waals surface area contributed by atoms with E-state index in [2.05, 4.69) is 14.7 Å². The molecule has 2 heterocycles. The van der Waals surface area contributed by atoms with Crippen LogP contribution >= 0.6 is 0 Å². The lowest BCUT2D eigenvalue weighted by molar-refractivity contribution is 0.461. The van der Waals surface area contributed by atoms with Crippen LogP contribution in [0.1, 0.15) is 5.56 Å². The van der Waals surface area contributed by atoms with Crippen molar-refractivity contribution in [2.24, 2.45) is 0 Å². The average molecular weight is 424 g/mol. The third-order valence-corrected chi connectivity index (χ3v) is 5.79. The molecule has 9 heteroatoms. The summed E-state index contributed by atoms with van der Waals surface area (Å²) in [6.45, 7) is 1.54. The summed E-state index contributed by atoms with van der Waals surface area (Å²) in [4.78, 5) is 8.30. The van der Waals surface area contributed by atoms with Gasteiger partial charge in [-0.2, -0.15) is 0 Å². The summed E-state index contributed by atoms with van der Waals surface area (Å²) in [7, 11) is -3.84. The summed E-state index contributed by atoms with van der Waals surface area (Å²) in [5.41, 5.74) is 0.673. The SMILES string of the molecule is Cc1cc(F)ccc1S(=O)(=O)Nc1ccc(Oc2cc(-n3cccc3)ncn2)cc1. The zero-order valence-corrected chi connectivity index (χ0v) is 16.7. The van der Waals surface area contributed by atoms with Gasteiger partial charge in [0.25, 0.3) is 10.0 Å². The van der Waals surface area contributed by atoms with Crippen molar-refractivity contribution >= 4 is 15.7 Å². The Balaban J connectivity index is 1.49. The lowest BCUT2D eigenvalue weighted by atomic mass is 10.2. The van der Waals surface area contributed by atoms with Crippen molar-refractivity contribution in [1.82, 2.24) is 14.5 Å². The molecule has 1 N–H and O–H groups in total. The van der Waals surface area contributed by atoms with Crippen LogP contribution in [-0.4, -0.2) is 23.0 Å². The molecule has 4 rings (SSSR count). The number of benzene rings is 2. The third kappa shape index (κ3) is 4.31. The van der Waals surface area contributed by atoms with Gasteiger partial charge in [0.15, 0.2) is 0 Å². The summed E-state index contributed by atoms with van der Waals surface area (Å²) in [5, 5.41) is 0. The molecule has 152 valence electrons. The molecule has 0 saturated heterocycles. The fraction of sp³-hybridized carbons (Fsp3) is 0.0476. The van der Waals surface area contributed by atoms with Crippen LogP contribution in [0.2, 0.25) is 0 Å². The van der Waals surface area contributed by atoms with Gasteiger partial charge in [0, 0.05) is 24.1 Å². The Morgan fingerprint density at radius 3 is 2.43 bits per heavy atom. The maximum atomic E-state index is 13.3. The smallest absolute Gasteiger partial charge is 0.262 e. The van der Waals surface area contributed by atoms with Crippen molar-refractivity contribution in [1.29, 1.82) is 0 Å². The second-order valence-corrected chi connectivity index (χ2v) is 8.10. The molecular formula is C21H17FN4O3S. The normalized spacial score (nSPS) is 11.3. The van der Waals surface area contributed by atoms with E-state index in [9.17, 15) is 12.8 Å². The van der Waals surface area contributed by atoms with Gasteiger partial charge in [-0.05, 0) is 67.1 Å². The number of ether oxygens (including phenoxy) is 1. The van der Waals surface area contributed by atoms with Crippen LogP contribution in [0.5, 0.6) is 11.6 Å². The zero-order chi connectivity index (χ0) is 21.1. The monoisotopic (exact) mass is 424 g/mol. The number of nitrogens with one attached hydrogen (secondary N) is 1. The van der Waals surface area contributed by atoms with E-state index in [1.807, 2.05) is 29.1 Å². The van der Waals surface area contributed by atoms with Gasteiger partial charge in [-0.1, -0.05) is 0 Å². The number of aryl methyl sites for hydroxylation is 1. The first kappa shape index (κ1) is 19.6. The highest BCUT2D eigenvalue weighted by atomic mass is 32.2. The van der Waals surface area contributed by atoms with Crippen LogP contribution in [-0.2, 0) is 10.0 Å². The number of sulfonamides is 1. The van der Waals surface area contributed by atoms with E-state index in [0.717, 1.165) is 6.07 Å². The predicted octanol–water partition coefficient (Wildman–Crippen LogP) is 4.31. The van der Waals surface area contributed by atoms with Crippen molar-refractivity contribution in [3.05, 3.63) is 90.8 Å². The van der Waals surface area contributed by atoms with Crippen molar-refractivity contribution in [2.75, 3.05) is 4.72 Å². The van der Waals surface area contributed by atoms with E-state index in [1.165, 1.54) is 25.4 Å². The number of hydrogen-bond donors (Lipinski definition) is 1. The number of rotatable bonds is 6. The Morgan fingerprint density at radius 2 is 1.73 bits per heavy atom. The van der Waals surface area contributed by atoms with E-state index in [0.29, 0.717) is 28.7 Å². The molecule has 2 aromatic carbocycles. The van der Waals surface area contributed by atoms with Gasteiger partial charge in [-0.15, -0.1) is 0 Å². The molecule has 0 atom stereocenters. The molecule has 0 spiro atoms. The first-order valence-electron chi connectivity index (χ1n) is 8.93. The molecule has 30 heavy (non-hydrogen) atoms. The van der Waals surface area contributed by atoms with E-state index >= 15 is 0 Å². The minimum Gasteiger partial charge on any atom is -0.439 e. The van der Waals surface area contributed by atoms with E-state index in [4.69, 9.17) is 4.74 Å². The van der Waals surface area contributed by atoms with E-state index in [1.54, 1.807) is 30.3 Å². The molecule has 0 aliphatic heterocycles. The highest BCUT2D eigenvalue weighted by molar-refractivity contribution is 7.92. The quantitative estimate of drug-likeness (QED) is 0.499. The highest BCUT2D eigenvalue weighted by Gasteiger charge is 2.17. The van der Waals surface area contributed by atoms with E-state index in [-0.39, 0.29) is 4.90 Å². The van der Waals surface area contributed by atoms with Crippen molar-refractivity contribution in [2.45, 2.75) is 11.8 Å². The van der Waals surface area contributed by atoms with Crippen molar-refractivity contribution in [3.8, 4) is 17.4 Å². The van der Waals surface area contributed by atoms with Crippen LogP contribution in [0.15, 0.2) is 84.3 Å². The van der Waals surface area contributed by atoms with Crippen LogP contribution < -0.4 is 9.46 Å². The standard InChI is InChI=1S/C21H17FN4O3S/c1-15-12-16(22)4-9-19(15)30(27,28)25-17-5-7-18(8-6-17)29-21-13-20(23-14-24-21)26-10-2-3-11-26/h2-14,25H,1H3. The molecule has 0 aliphatic rings. The number of hydrogen-bond acceptors (Lipinski definition) is 5. The van der Waals surface area contributed by atoms with Crippen molar-refractivity contribution < 1.29 is 17.5 Å². The Bertz CT molecular complexity index is 1270. The van der Waals surface area contributed by atoms with Crippen LogP contribution in [0.3, 0.4) is 0 Å². The van der Waals surface area contributed by atoms with Crippen molar-refractivity contribution in [3.63, 3.8) is 0 Å². The number of anilines is 1. The van der Waals surface area contributed by atoms with Crippen LogP contribution in [0.4, 0.5) is 10.1 Å². The Kier molecular flexibility index (Phi) is 5.20. The van der Waals surface area contributed by atoms with Gasteiger partial charge < -0.3 is 9.30 Å². The zero-order valence-electron chi connectivity index (χ0n) is 15.9. The molecule has 0 amide bonds. The lowest BCUT2D eigenvalue weighted by Crippen LogP contribution is -2.14. The first-order chi connectivity index (χ1) is 14.4. The molecule has 0 unspecified atom stereocenters. The predicted molar refractivity (Wildman–Crippen MR) is 110 cm³/mol. The van der Waals surface area contributed by atoms with Crippen LogP contribution in [0.25, 0.3) is 5.82 Å². The second kappa shape index (κ2) is 7.96. The summed E-state index contributed by atoms with van der Waals surface area (Å²) >= 11 is 0. The maximum absolute atomic E-state index is 13.3. The first-order valence-corrected chi connectivity index (χ1v) is 10.4. The summed E-state index contributed by atoms with van der Waals surface area (Å²) in [6.07, 6.45) is 5.11. The second-order valence-electron chi connectivity index (χ2n) is 6.45. The fourth-order valence-electron chi connectivity index (χ4n) is 2.85. The molecule has 0 fully saturated rings. The molecule has 7 nitrogen and oxygen atoms in total. The minimum absolute atomic E-state index is 0.0164. The average Bonchev–Trinajstić information content (AvgIpc) is 3.24. The summed E-state index contributed by atoms with van der Waals surface area (Å²) in [6, 6.07) is 15.4. The molecule has 2 aromatic heterocycles. The highest BCUT2D eigenvalue weighted by Crippen LogP contribution is 2.25. The third-order valence-electron chi connectivity index (χ3n) is 4.25. The molecule has 0 radical (unpaired) electrons. The lowest BCUT2D eigenvalue weighted by Gasteiger charge is -2.11. The minimum atomic E-state index is -3.84. The Morgan fingerprint density at radius 1 is 1.00 bits per heavy atom. The number of nitrogens with zero attached hydrogens (tertiary/aromatic N) is 3. The molecule has 0 saturated carbocycles.